The maximum atomic E-state index is 11.6. The van der Waals surface area contributed by atoms with Crippen LogP contribution in [0.3, 0.4) is 0 Å². The van der Waals surface area contributed by atoms with E-state index >= 15 is 0 Å². The summed E-state index contributed by atoms with van der Waals surface area (Å²) in [5, 5.41) is 9.31. The Labute approximate surface area is 95.0 Å². The number of carbonyl (C=O) groups excluding carboxylic acids is 1. The average molecular weight is 222 g/mol. The smallest absolute Gasteiger partial charge is 0.220 e. The van der Waals surface area contributed by atoms with Gasteiger partial charge in [0.1, 0.15) is 12.2 Å². The number of H-pyrrole nitrogens is 1. The fraction of sp³-hybridized carbons (Fsp3) is 0.727. The van der Waals surface area contributed by atoms with Gasteiger partial charge >= 0.3 is 0 Å². The molecule has 0 spiro atoms. The Kier molecular flexibility index (Phi) is 3.91. The molecule has 1 aromatic heterocycles. The molecule has 5 heteroatoms. The van der Waals surface area contributed by atoms with E-state index in [0.29, 0.717) is 24.7 Å². The normalized spacial score (nSPS) is 17.2. The van der Waals surface area contributed by atoms with Crippen LogP contribution in [0.2, 0.25) is 0 Å². The van der Waals surface area contributed by atoms with Gasteiger partial charge in [0.05, 0.1) is 6.54 Å². The van der Waals surface area contributed by atoms with Crippen LogP contribution in [0.5, 0.6) is 0 Å². The molecule has 1 amide bonds. The van der Waals surface area contributed by atoms with E-state index in [4.69, 9.17) is 0 Å². The maximum absolute atomic E-state index is 11.6. The average Bonchev–Trinajstić information content (AvgIpc) is 2.81. The number of hydrogen-bond donors (Lipinski definition) is 2. The second kappa shape index (κ2) is 5.63. The first-order valence-electron chi connectivity index (χ1n) is 5.95. The molecule has 1 aromatic rings. The van der Waals surface area contributed by atoms with E-state index < -0.39 is 0 Å². The van der Waals surface area contributed by atoms with Gasteiger partial charge < -0.3 is 5.32 Å². The predicted octanol–water partition coefficient (Wildman–Crippen LogP) is 1.39. The monoisotopic (exact) mass is 222 g/mol. The van der Waals surface area contributed by atoms with Crippen molar-refractivity contribution in [3.63, 3.8) is 0 Å². The second-order valence-corrected chi connectivity index (χ2v) is 4.42. The minimum atomic E-state index is 0.128. The van der Waals surface area contributed by atoms with Crippen LogP contribution in [0, 0.1) is 5.92 Å². The molecule has 1 heterocycles. The highest BCUT2D eigenvalue weighted by Crippen LogP contribution is 2.25. The third-order valence-electron chi connectivity index (χ3n) is 3.12. The summed E-state index contributed by atoms with van der Waals surface area (Å²) in [6.07, 6.45) is 8.40. The molecular weight excluding hydrogens is 204 g/mol. The molecule has 1 aliphatic carbocycles. The first kappa shape index (κ1) is 11.1. The van der Waals surface area contributed by atoms with Gasteiger partial charge in [-0.15, -0.1) is 0 Å². The summed E-state index contributed by atoms with van der Waals surface area (Å²) in [6, 6.07) is 0. The van der Waals surface area contributed by atoms with Crippen molar-refractivity contribution < 1.29 is 4.79 Å². The highest BCUT2D eigenvalue weighted by atomic mass is 16.1. The van der Waals surface area contributed by atoms with E-state index in [2.05, 4.69) is 20.5 Å². The van der Waals surface area contributed by atoms with Crippen molar-refractivity contribution >= 4 is 5.91 Å². The lowest BCUT2D eigenvalue weighted by Crippen LogP contribution is -2.26. The van der Waals surface area contributed by atoms with Gasteiger partial charge in [-0.1, -0.05) is 19.3 Å². The van der Waals surface area contributed by atoms with Crippen LogP contribution in [-0.4, -0.2) is 21.1 Å². The van der Waals surface area contributed by atoms with E-state index in [9.17, 15) is 4.79 Å². The summed E-state index contributed by atoms with van der Waals surface area (Å²) in [5.74, 6) is 1.42. The van der Waals surface area contributed by atoms with Crippen LogP contribution in [0.25, 0.3) is 0 Å². The van der Waals surface area contributed by atoms with Gasteiger partial charge in [0.15, 0.2) is 0 Å². The molecule has 1 aliphatic rings. The molecule has 16 heavy (non-hydrogen) atoms. The van der Waals surface area contributed by atoms with Gasteiger partial charge in [0.25, 0.3) is 0 Å². The molecule has 2 N–H and O–H groups in total. The molecular formula is C11H18N4O. The lowest BCUT2D eigenvalue weighted by Gasteiger charge is -2.20. The third-order valence-corrected chi connectivity index (χ3v) is 3.12. The number of nitrogens with zero attached hydrogens (tertiary/aromatic N) is 2. The maximum Gasteiger partial charge on any atom is 0.220 e. The molecule has 0 saturated heterocycles. The molecule has 5 nitrogen and oxygen atoms in total. The topological polar surface area (TPSA) is 70.7 Å². The summed E-state index contributed by atoms with van der Waals surface area (Å²) in [7, 11) is 0. The molecule has 1 saturated carbocycles. The fourth-order valence-electron chi connectivity index (χ4n) is 2.22. The number of hydrogen-bond acceptors (Lipinski definition) is 3. The number of aromatic amines is 1. The van der Waals surface area contributed by atoms with E-state index in [1.165, 1.54) is 38.4 Å². The summed E-state index contributed by atoms with van der Waals surface area (Å²) >= 11 is 0. The first-order chi connectivity index (χ1) is 7.84. The molecule has 0 atom stereocenters. The standard InChI is InChI=1S/C11H18N4O/c16-11(6-9-4-2-1-3-5-9)12-7-10-13-8-14-15-10/h8-9H,1-7H2,(H,12,16)(H,13,14,15). The molecule has 0 unspecified atom stereocenters. The van der Waals surface area contributed by atoms with Crippen molar-refractivity contribution in [3.05, 3.63) is 12.2 Å². The Balaban J connectivity index is 1.67. The van der Waals surface area contributed by atoms with Gasteiger partial charge in [0.2, 0.25) is 5.91 Å². The lowest BCUT2D eigenvalue weighted by atomic mass is 9.87. The highest BCUT2D eigenvalue weighted by Gasteiger charge is 2.16. The van der Waals surface area contributed by atoms with Gasteiger partial charge in [0, 0.05) is 6.42 Å². The molecule has 1 fully saturated rings. The molecule has 2 rings (SSSR count). The quantitative estimate of drug-likeness (QED) is 0.808. The van der Waals surface area contributed by atoms with Crippen LogP contribution in [0.1, 0.15) is 44.3 Å². The molecule has 0 aromatic carbocycles. The Morgan fingerprint density at radius 2 is 2.25 bits per heavy atom. The zero-order chi connectivity index (χ0) is 11.2. The van der Waals surface area contributed by atoms with E-state index in [-0.39, 0.29) is 5.91 Å². The zero-order valence-corrected chi connectivity index (χ0v) is 9.41. The number of carbonyl (C=O) groups is 1. The van der Waals surface area contributed by atoms with E-state index in [1.807, 2.05) is 0 Å². The number of aromatic nitrogens is 3. The molecule has 0 bridgehead atoms. The summed E-state index contributed by atoms with van der Waals surface area (Å²) in [5.41, 5.74) is 0. The Morgan fingerprint density at radius 3 is 2.94 bits per heavy atom. The van der Waals surface area contributed by atoms with Crippen LogP contribution in [-0.2, 0) is 11.3 Å². The van der Waals surface area contributed by atoms with Crippen LogP contribution in [0.15, 0.2) is 6.33 Å². The Hall–Kier alpha value is -1.39. The van der Waals surface area contributed by atoms with Gasteiger partial charge in [-0.3, -0.25) is 9.89 Å². The van der Waals surface area contributed by atoms with Gasteiger partial charge in [-0.05, 0) is 18.8 Å². The van der Waals surface area contributed by atoms with Crippen LogP contribution >= 0.6 is 0 Å². The zero-order valence-electron chi connectivity index (χ0n) is 9.41. The summed E-state index contributed by atoms with van der Waals surface area (Å²) in [4.78, 5) is 15.6. The lowest BCUT2D eigenvalue weighted by molar-refractivity contribution is -0.122. The largest absolute Gasteiger partial charge is 0.349 e. The summed E-state index contributed by atoms with van der Waals surface area (Å²) in [6.45, 7) is 0.450. The first-order valence-corrected chi connectivity index (χ1v) is 5.95. The number of amides is 1. The fourth-order valence-corrected chi connectivity index (χ4v) is 2.22. The highest BCUT2D eigenvalue weighted by molar-refractivity contribution is 5.76. The van der Waals surface area contributed by atoms with Crippen molar-refractivity contribution in [3.8, 4) is 0 Å². The molecule has 88 valence electrons. The Morgan fingerprint density at radius 1 is 1.44 bits per heavy atom. The van der Waals surface area contributed by atoms with Crippen molar-refractivity contribution in [1.82, 2.24) is 20.5 Å². The number of rotatable bonds is 4. The number of nitrogens with one attached hydrogen (secondary N) is 2. The van der Waals surface area contributed by atoms with Crippen molar-refractivity contribution in [1.29, 1.82) is 0 Å². The van der Waals surface area contributed by atoms with Gasteiger partial charge in [-0.25, -0.2) is 4.98 Å². The summed E-state index contributed by atoms with van der Waals surface area (Å²) < 4.78 is 0. The minimum Gasteiger partial charge on any atom is -0.349 e. The predicted molar refractivity (Wildman–Crippen MR) is 59.4 cm³/mol. The van der Waals surface area contributed by atoms with Crippen LogP contribution < -0.4 is 5.32 Å². The molecule has 0 aliphatic heterocycles. The SMILES string of the molecule is O=C(CC1CCCCC1)NCc1ncn[nH]1. The van der Waals surface area contributed by atoms with Crippen molar-refractivity contribution in [2.24, 2.45) is 5.92 Å². The van der Waals surface area contributed by atoms with Gasteiger partial charge in [-0.2, -0.15) is 5.10 Å². The third kappa shape index (κ3) is 3.32. The van der Waals surface area contributed by atoms with Crippen molar-refractivity contribution in [2.45, 2.75) is 45.1 Å². The molecule has 0 radical (unpaired) electrons. The van der Waals surface area contributed by atoms with E-state index in [1.54, 1.807) is 0 Å². The Bertz CT molecular complexity index is 317. The minimum absolute atomic E-state index is 0.128. The van der Waals surface area contributed by atoms with Crippen LogP contribution in [0.4, 0.5) is 0 Å². The van der Waals surface area contributed by atoms with Crippen molar-refractivity contribution in [2.75, 3.05) is 0 Å². The second-order valence-electron chi connectivity index (χ2n) is 4.42. The van der Waals surface area contributed by atoms with E-state index in [0.717, 1.165) is 0 Å².